The van der Waals surface area contributed by atoms with Gasteiger partial charge in [-0.3, -0.25) is 9.00 Å². The van der Waals surface area contributed by atoms with E-state index >= 15 is 0 Å². The van der Waals surface area contributed by atoms with Crippen molar-refractivity contribution in [2.45, 2.75) is 32.1 Å². The maximum absolute atomic E-state index is 11.9. The largest absolute Gasteiger partial charge is 0.366 e. The van der Waals surface area contributed by atoms with Crippen LogP contribution in [-0.2, 0) is 16.6 Å². The summed E-state index contributed by atoms with van der Waals surface area (Å²) < 4.78 is 11.9. The highest BCUT2D eigenvalue weighted by Crippen LogP contribution is 2.13. The summed E-state index contributed by atoms with van der Waals surface area (Å²) in [5.74, 6) is 0.662. The lowest BCUT2D eigenvalue weighted by Crippen LogP contribution is -2.18. The molecule has 0 saturated carbocycles. The number of nitrogens with two attached hydrogens (primary N) is 2. The van der Waals surface area contributed by atoms with Crippen LogP contribution >= 0.6 is 0 Å². The summed E-state index contributed by atoms with van der Waals surface area (Å²) in [7, 11) is -0.915. The molecule has 1 aromatic carbocycles. The molecule has 2 atom stereocenters. The molecule has 4 nitrogen and oxygen atoms in total. The van der Waals surface area contributed by atoms with Crippen molar-refractivity contribution >= 4 is 16.7 Å². The quantitative estimate of drug-likeness (QED) is 0.809. The minimum Gasteiger partial charge on any atom is -0.366 e. The van der Waals surface area contributed by atoms with Crippen LogP contribution in [0.1, 0.15) is 34.8 Å². The summed E-state index contributed by atoms with van der Waals surface area (Å²) in [6.07, 6.45) is 0.755. The summed E-state index contributed by atoms with van der Waals surface area (Å²) >= 11 is 0. The van der Waals surface area contributed by atoms with Gasteiger partial charge in [-0.1, -0.05) is 6.07 Å². The Morgan fingerprint density at radius 2 is 2.11 bits per heavy atom. The Morgan fingerprint density at radius 3 is 2.61 bits per heavy atom. The second kappa shape index (κ2) is 6.66. The Morgan fingerprint density at radius 1 is 1.44 bits per heavy atom. The molecule has 2 unspecified atom stereocenters. The zero-order valence-electron chi connectivity index (χ0n) is 10.8. The molecule has 0 radical (unpaired) electrons. The molecule has 100 valence electrons. The summed E-state index contributed by atoms with van der Waals surface area (Å²) in [5.41, 5.74) is 13.3. The van der Waals surface area contributed by atoms with Gasteiger partial charge in [-0.05, 0) is 43.5 Å². The first kappa shape index (κ1) is 14.9. The van der Waals surface area contributed by atoms with E-state index in [9.17, 15) is 9.00 Å². The Kier molecular flexibility index (Phi) is 5.50. The predicted octanol–water partition coefficient (Wildman–Crippen LogP) is 1.08. The van der Waals surface area contributed by atoms with Crippen molar-refractivity contribution in [1.29, 1.82) is 0 Å². The zero-order chi connectivity index (χ0) is 13.7. The molecule has 1 aromatic rings. The molecular formula is C13H20N2O2S. The van der Waals surface area contributed by atoms with E-state index in [-0.39, 0.29) is 6.04 Å². The number of hydrogen-bond acceptors (Lipinski definition) is 3. The average molecular weight is 268 g/mol. The van der Waals surface area contributed by atoms with E-state index in [0.717, 1.165) is 17.5 Å². The van der Waals surface area contributed by atoms with Gasteiger partial charge < -0.3 is 11.5 Å². The lowest BCUT2D eigenvalue weighted by Gasteiger charge is -2.08. The Bertz CT molecular complexity index is 458. The van der Waals surface area contributed by atoms with Gasteiger partial charge in [0.25, 0.3) is 0 Å². The van der Waals surface area contributed by atoms with E-state index in [4.69, 9.17) is 11.5 Å². The highest BCUT2D eigenvalue weighted by molar-refractivity contribution is 7.84. The second-order valence-corrected chi connectivity index (χ2v) is 6.14. The number of carbonyl (C=O) groups excluding carboxylic acids is 1. The van der Waals surface area contributed by atoms with E-state index < -0.39 is 16.7 Å². The Labute approximate surface area is 110 Å². The van der Waals surface area contributed by atoms with Crippen molar-refractivity contribution in [3.63, 3.8) is 0 Å². The second-order valence-electron chi connectivity index (χ2n) is 4.56. The normalized spacial score (nSPS) is 14.2. The van der Waals surface area contributed by atoms with E-state index in [0.29, 0.717) is 17.1 Å². The van der Waals surface area contributed by atoms with Crippen molar-refractivity contribution in [3.05, 3.63) is 34.9 Å². The molecule has 0 bridgehead atoms. The lowest BCUT2D eigenvalue weighted by molar-refractivity contribution is 0.1000. The van der Waals surface area contributed by atoms with Crippen LogP contribution in [0.2, 0.25) is 0 Å². The SMILES string of the molecule is Cc1cc(C(N)=O)ccc1CS(=O)CCC(C)N. The van der Waals surface area contributed by atoms with Crippen LogP contribution < -0.4 is 11.5 Å². The van der Waals surface area contributed by atoms with Crippen LogP contribution in [0.15, 0.2) is 18.2 Å². The van der Waals surface area contributed by atoms with Gasteiger partial charge in [-0.25, -0.2) is 0 Å². The summed E-state index contributed by atoms with van der Waals surface area (Å²) in [4.78, 5) is 11.0. The predicted molar refractivity (Wildman–Crippen MR) is 74.7 cm³/mol. The minimum atomic E-state index is -0.915. The van der Waals surface area contributed by atoms with Gasteiger partial charge in [-0.2, -0.15) is 0 Å². The van der Waals surface area contributed by atoms with Gasteiger partial charge in [0.05, 0.1) is 0 Å². The highest BCUT2D eigenvalue weighted by Gasteiger charge is 2.08. The van der Waals surface area contributed by atoms with Crippen LogP contribution in [0.4, 0.5) is 0 Å². The van der Waals surface area contributed by atoms with Gasteiger partial charge in [0.15, 0.2) is 0 Å². The maximum Gasteiger partial charge on any atom is 0.248 e. The summed E-state index contributed by atoms with van der Waals surface area (Å²) in [6, 6.07) is 5.31. The molecule has 4 N–H and O–H groups in total. The first-order chi connectivity index (χ1) is 8.40. The summed E-state index contributed by atoms with van der Waals surface area (Å²) in [6.45, 7) is 3.80. The molecule has 0 saturated heterocycles. The molecule has 18 heavy (non-hydrogen) atoms. The van der Waals surface area contributed by atoms with Crippen LogP contribution in [0.5, 0.6) is 0 Å². The molecule has 0 aliphatic carbocycles. The third kappa shape index (κ3) is 4.58. The fourth-order valence-corrected chi connectivity index (χ4v) is 3.02. The summed E-state index contributed by atoms with van der Waals surface area (Å²) in [5, 5.41) is 0. The van der Waals surface area contributed by atoms with Gasteiger partial charge in [0.1, 0.15) is 0 Å². The number of aryl methyl sites for hydroxylation is 1. The molecule has 0 heterocycles. The van der Waals surface area contributed by atoms with E-state index in [1.165, 1.54) is 0 Å². The average Bonchev–Trinajstić information content (AvgIpc) is 2.29. The zero-order valence-corrected chi connectivity index (χ0v) is 11.6. The molecule has 0 aliphatic rings. The number of carbonyl (C=O) groups is 1. The van der Waals surface area contributed by atoms with Crippen molar-refractivity contribution in [3.8, 4) is 0 Å². The van der Waals surface area contributed by atoms with Gasteiger partial charge >= 0.3 is 0 Å². The fourth-order valence-electron chi connectivity index (χ4n) is 1.57. The number of hydrogen-bond donors (Lipinski definition) is 2. The van der Waals surface area contributed by atoms with E-state index in [1.54, 1.807) is 12.1 Å². The molecular weight excluding hydrogens is 248 g/mol. The van der Waals surface area contributed by atoms with Crippen molar-refractivity contribution in [2.24, 2.45) is 11.5 Å². The van der Waals surface area contributed by atoms with Gasteiger partial charge in [-0.15, -0.1) is 0 Å². The third-order valence-electron chi connectivity index (χ3n) is 2.74. The van der Waals surface area contributed by atoms with E-state index in [2.05, 4.69) is 0 Å². The number of benzene rings is 1. The molecule has 1 amide bonds. The molecule has 0 aromatic heterocycles. The van der Waals surface area contributed by atoms with Crippen LogP contribution in [0.25, 0.3) is 0 Å². The number of amides is 1. The number of rotatable bonds is 6. The van der Waals surface area contributed by atoms with Crippen molar-refractivity contribution in [2.75, 3.05) is 5.75 Å². The third-order valence-corrected chi connectivity index (χ3v) is 4.07. The first-order valence-electron chi connectivity index (χ1n) is 5.90. The maximum atomic E-state index is 11.9. The van der Waals surface area contributed by atoms with E-state index in [1.807, 2.05) is 19.9 Å². The molecule has 0 fully saturated rings. The fraction of sp³-hybridized carbons (Fsp3) is 0.462. The van der Waals surface area contributed by atoms with Crippen molar-refractivity contribution in [1.82, 2.24) is 0 Å². The topological polar surface area (TPSA) is 86.2 Å². The smallest absolute Gasteiger partial charge is 0.248 e. The highest BCUT2D eigenvalue weighted by atomic mass is 32.2. The number of primary amides is 1. The molecule has 5 heteroatoms. The first-order valence-corrected chi connectivity index (χ1v) is 7.39. The Hall–Kier alpha value is -1.20. The monoisotopic (exact) mass is 268 g/mol. The molecule has 0 aliphatic heterocycles. The Balaban J connectivity index is 2.68. The van der Waals surface area contributed by atoms with Gasteiger partial charge in [0, 0.05) is 33.9 Å². The van der Waals surface area contributed by atoms with Crippen LogP contribution in [0.3, 0.4) is 0 Å². The minimum absolute atomic E-state index is 0.0762. The molecule has 1 rings (SSSR count). The van der Waals surface area contributed by atoms with Crippen LogP contribution in [-0.4, -0.2) is 21.9 Å². The van der Waals surface area contributed by atoms with Crippen molar-refractivity contribution < 1.29 is 9.00 Å². The lowest BCUT2D eigenvalue weighted by atomic mass is 10.1. The van der Waals surface area contributed by atoms with Crippen LogP contribution in [0, 0.1) is 6.92 Å². The van der Waals surface area contributed by atoms with Gasteiger partial charge in [0.2, 0.25) is 5.91 Å². The standard InChI is InChI=1S/C13H20N2O2S/c1-9-7-11(13(15)16)3-4-12(9)8-18(17)6-5-10(2)14/h3-4,7,10H,5-6,8,14H2,1-2H3,(H2,15,16). The molecule has 0 spiro atoms.